The van der Waals surface area contributed by atoms with E-state index in [1.807, 2.05) is 26.4 Å². The zero-order valence-electron chi connectivity index (χ0n) is 9.37. The van der Waals surface area contributed by atoms with Gasteiger partial charge in [-0.1, -0.05) is 22.0 Å². The maximum absolute atomic E-state index is 4.22. The second-order valence-electron chi connectivity index (χ2n) is 3.65. The number of hydrogen-bond donors (Lipinski definition) is 1. The minimum atomic E-state index is 0.865. The van der Waals surface area contributed by atoms with Crippen LogP contribution in [0.2, 0.25) is 0 Å². The summed E-state index contributed by atoms with van der Waals surface area (Å²) in [5, 5.41) is 3.14. The zero-order chi connectivity index (χ0) is 11.5. The molecule has 1 aromatic carbocycles. The molecule has 0 saturated heterocycles. The van der Waals surface area contributed by atoms with E-state index in [1.165, 1.54) is 5.56 Å². The van der Waals surface area contributed by atoms with Gasteiger partial charge in [0.2, 0.25) is 0 Å². The van der Waals surface area contributed by atoms with Gasteiger partial charge in [-0.2, -0.15) is 0 Å². The van der Waals surface area contributed by atoms with Crippen molar-refractivity contribution in [2.75, 3.05) is 7.05 Å². The Kier molecular flexibility index (Phi) is 3.41. The fraction of sp³-hybridized carbons (Fsp3) is 0.250. The van der Waals surface area contributed by atoms with E-state index < -0.39 is 0 Å². The van der Waals surface area contributed by atoms with E-state index in [0.29, 0.717) is 0 Å². The number of aromatic nitrogens is 2. The molecule has 0 saturated carbocycles. The normalized spacial score (nSPS) is 10.7. The first-order valence-corrected chi connectivity index (χ1v) is 5.95. The SMILES string of the molecule is CNCc1ccc(-n2ccnc2C)cc1Br. The standard InChI is InChI=1S/C12H14BrN3/c1-9-15-5-6-16(9)11-4-3-10(8-14-2)12(13)7-11/h3-7,14H,8H2,1-2H3. The molecule has 0 radical (unpaired) electrons. The molecule has 0 bridgehead atoms. The number of aryl methyl sites for hydroxylation is 1. The average molecular weight is 280 g/mol. The van der Waals surface area contributed by atoms with Gasteiger partial charge in [0.15, 0.2) is 0 Å². The second kappa shape index (κ2) is 4.80. The molecule has 0 aliphatic carbocycles. The van der Waals surface area contributed by atoms with Crippen LogP contribution in [-0.2, 0) is 6.54 Å². The summed E-state index contributed by atoms with van der Waals surface area (Å²) < 4.78 is 3.18. The lowest BCUT2D eigenvalue weighted by Gasteiger charge is -2.09. The first-order chi connectivity index (χ1) is 7.72. The largest absolute Gasteiger partial charge is 0.316 e. The van der Waals surface area contributed by atoms with Crippen LogP contribution in [0, 0.1) is 6.92 Å². The van der Waals surface area contributed by atoms with Crippen LogP contribution >= 0.6 is 15.9 Å². The van der Waals surface area contributed by atoms with E-state index >= 15 is 0 Å². The van der Waals surface area contributed by atoms with Gasteiger partial charge >= 0.3 is 0 Å². The van der Waals surface area contributed by atoms with Crippen LogP contribution in [0.3, 0.4) is 0 Å². The van der Waals surface area contributed by atoms with Crippen molar-refractivity contribution >= 4 is 15.9 Å². The fourth-order valence-electron chi connectivity index (χ4n) is 1.67. The third kappa shape index (κ3) is 2.18. The Morgan fingerprint density at radius 2 is 2.25 bits per heavy atom. The highest BCUT2D eigenvalue weighted by molar-refractivity contribution is 9.10. The quantitative estimate of drug-likeness (QED) is 0.936. The molecule has 0 aliphatic heterocycles. The van der Waals surface area contributed by atoms with Crippen molar-refractivity contribution in [3.05, 3.63) is 46.5 Å². The fourth-order valence-corrected chi connectivity index (χ4v) is 2.18. The Bertz CT molecular complexity index is 491. The van der Waals surface area contributed by atoms with Crippen molar-refractivity contribution < 1.29 is 0 Å². The lowest BCUT2D eigenvalue weighted by Crippen LogP contribution is -2.06. The zero-order valence-corrected chi connectivity index (χ0v) is 11.0. The lowest BCUT2D eigenvalue weighted by molar-refractivity contribution is 0.813. The minimum absolute atomic E-state index is 0.865. The Labute approximate surface area is 104 Å². The van der Waals surface area contributed by atoms with E-state index in [4.69, 9.17) is 0 Å². The van der Waals surface area contributed by atoms with E-state index in [-0.39, 0.29) is 0 Å². The third-order valence-corrected chi connectivity index (χ3v) is 3.25. The maximum atomic E-state index is 4.22. The first kappa shape index (κ1) is 11.4. The number of nitrogens with zero attached hydrogens (tertiary/aromatic N) is 2. The summed E-state index contributed by atoms with van der Waals surface area (Å²) in [4.78, 5) is 4.22. The van der Waals surface area contributed by atoms with Crippen LogP contribution in [0.1, 0.15) is 11.4 Å². The van der Waals surface area contributed by atoms with E-state index in [9.17, 15) is 0 Å². The molecule has 0 fully saturated rings. The van der Waals surface area contributed by atoms with Gasteiger partial charge < -0.3 is 9.88 Å². The summed E-state index contributed by atoms with van der Waals surface area (Å²) in [6, 6.07) is 6.34. The minimum Gasteiger partial charge on any atom is -0.316 e. The molecule has 0 atom stereocenters. The topological polar surface area (TPSA) is 29.9 Å². The molecular formula is C12H14BrN3. The highest BCUT2D eigenvalue weighted by Gasteiger charge is 2.04. The van der Waals surface area contributed by atoms with Crippen LogP contribution in [0.5, 0.6) is 0 Å². The number of hydrogen-bond acceptors (Lipinski definition) is 2. The van der Waals surface area contributed by atoms with Crippen LogP contribution in [0.25, 0.3) is 5.69 Å². The van der Waals surface area contributed by atoms with Gasteiger partial charge in [-0.05, 0) is 31.7 Å². The van der Waals surface area contributed by atoms with Crippen LogP contribution in [0.15, 0.2) is 35.1 Å². The first-order valence-electron chi connectivity index (χ1n) is 5.15. The van der Waals surface area contributed by atoms with Crippen molar-refractivity contribution in [3.8, 4) is 5.69 Å². The number of benzene rings is 1. The summed E-state index contributed by atoms with van der Waals surface area (Å²) in [6.07, 6.45) is 3.78. The highest BCUT2D eigenvalue weighted by Crippen LogP contribution is 2.21. The van der Waals surface area contributed by atoms with Gasteiger partial charge in [0, 0.05) is 29.1 Å². The molecule has 4 heteroatoms. The molecule has 0 spiro atoms. The average Bonchev–Trinajstić information content (AvgIpc) is 2.68. The summed E-state index contributed by atoms with van der Waals surface area (Å²) in [7, 11) is 1.94. The Hall–Kier alpha value is -1.13. The number of rotatable bonds is 3. The predicted molar refractivity (Wildman–Crippen MR) is 68.8 cm³/mol. The summed E-state index contributed by atoms with van der Waals surface area (Å²) in [5.41, 5.74) is 2.38. The van der Waals surface area contributed by atoms with E-state index in [0.717, 1.165) is 22.5 Å². The lowest BCUT2D eigenvalue weighted by atomic mass is 10.2. The Morgan fingerprint density at radius 3 is 2.81 bits per heavy atom. The highest BCUT2D eigenvalue weighted by atomic mass is 79.9. The van der Waals surface area contributed by atoms with Gasteiger partial charge in [-0.3, -0.25) is 0 Å². The van der Waals surface area contributed by atoms with Gasteiger partial charge in [-0.25, -0.2) is 4.98 Å². The maximum Gasteiger partial charge on any atom is 0.110 e. The van der Waals surface area contributed by atoms with Crippen molar-refractivity contribution in [1.29, 1.82) is 0 Å². The van der Waals surface area contributed by atoms with Crippen LogP contribution in [-0.4, -0.2) is 16.6 Å². The molecule has 3 nitrogen and oxygen atoms in total. The molecule has 1 heterocycles. The van der Waals surface area contributed by atoms with Gasteiger partial charge in [0.25, 0.3) is 0 Å². The predicted octanol–water partition coefficient (Wildman–Crippen LogP) is 2.66. The molecule has 2 rings (SSSR count). The molecule has 84 valence electrons. The molecule has 0 aliphatic rings. The van der Waals surface area contributed by atoms with Gasteiger partial charge in [-0.15, -0.1) is 0 Å². The van der Waals surface area contributed by atoms with Gasteiger partial charge in [0.05, 0.1) is 0 Å². The molecule has 2 aromatic rings. The third-order valence-electron chi connectivity index (χ3n) is 2.51. The Morgan fingerprint density at radius 1 is 1.44 bits per heavy atom. The number of halogens is 1. The summed E-state index contributed by atoms with van der Waals surface area (Å²) in [5.74, 6) is 0.994. The molecule has 1 aromatic heterocycles. The molecule has 1 N–H and O–H groups in total. The van der Waals surface area contributed by atoms with Crippen molar-refractivity contribution in [3.63, 3.8) is 0 Å². The smallest absolute Gasteiger partial charge is 0.110 e. The van der Waals surface area contributed by atoms with Crippen molar-refractivity contribution in [2.24, 2.45) is 0 Å². The van der Waals surface area contributed by atoms with Gasteiger partial charge in [0.1, 0.15) is 5.82 Å². The van der Waals surface area contributed by atoms with Crippen LogP contribution < -0.4 is 5.32 Å². The number of nitrogens with one attached hydrogen (secondary N) is 1. The molecule has 16 heavy (non-hydrogen) atoms. The van der Waals surface area contributed by atoms with Crippen molar-refractivity contribution in [2.45, 2.75) is 13.5 Å². The van der Waals surface area contributed by atoms with Crippen LogP contribution in [0.4, 0.5) is 0 Å². The second-order valence-corrected chi connectivity index (χ2v) is 4.50. The molecule has 0 amide bonds. The molecular weight excluding hydrogens is 266 g/mol. The summed E-state index contributed by atoms with van der Waals surface area (Å²) >= 11 is 3.58. The monoisotopic (exact) mass is 279 g/mol. The van der Waals surface area contributed by atoms with Crippen molar-refractivity contribution in [1.82, 2.24) is 14.9 Å². The summed E-state index contributed by atoms with van der Waals surface area (Å²) in [6.45, 7) is 2.86. The van der Waals surface area contributed by atoms with E-state index in [1.54, 1.807) is 0 Å². The molecule has 0 unspecified atom stereocenters. The number of imidazole rings is 1. The van der Waals surface area contributed by atoms with E-state index in [2.05, 4.69) is 49.0 Å². The Balaban J connectivity index is 2.38.